The molecule has 0 bridgehead atoms. The maximum absolute atomic E-state index is 12.9. The normalized spacial score (nSPS) is 21.8. The van der Waals surface area contributed by atoms with Gasteiger partial charge in [0.15, 0.2) is 0 Å². The Bertz CT molecular complexity index is 733. The molecule has 146 valence electrons. The van der Waals surface area contributed by atoms with E-state index in [1.54, 1.807) is 17.0 Å². The lowest BCUT2D eigenvalue weighted by Gasteiger charge is -2.28. The van der Waals surface area contributed by atoms with E-state index < -0.39 is 16.1 Å². The molecule has 7 nitrogen and oxygen atoms in total. The highest BCUT2D eigenvalue weighted by atomic mass is 32.2. The Labute approximate surface area is 155 Å². The maximum atomic E-state index is 12.9. The predicted octanol–water partition coefficient (Wildman–Crippen LogP) is 1.20. The van der Waals surface area contributed by atoms with Gasteiger partial charge >= 0.3 is 0 Å². The van der Waals surface area contributed by atoms with Crippen LogP contribution in [-0.4, -0.2) is 52.0 Å². The third-order valence-electron chi connectivity index (χ3n) is 4.95. The smallest absolute Gasteiger partial charge is 0.241 e. The molecule has 26 heavy (non-hydrogen) atoms. The first-order valence-corrected chi connectivity index (χ1v) is 10.3. The molecule has 1 fully saturated rings. The van der Waals surface area contributed by atoms with Crippen LogP contribution in [0.3, 0.4) is 0 Å². The van der Waals surface area contributed by atoms with E-state index in [0.29, 0.717) is 25.4 Å². The van der Waals surface area contributed by atoms with Gasteiger partial charge in [-0.2, -0.15) is 4.72 Å². The third kappa shape index (κ3) is 4.55. The van der Waals surface area contributed by atoms with Crippen LogP contribution in [0.4, 0.5) is 0 Å². The van der Waals surface area contributed by atoms with Gasteiger partial charge in [-0.05, 0) is 48.6 Å². The monoisotopic (exact) mass is 383 g/mol. The van der Waals surface area contributed by atoms with Crippen LogP contribution in [-0.2, 0) is 14.8 Å². The van der Waals surface area contributed by atoms with E-state index in [4.69, 9.17) is 10.5 Å². The lowest BCUT2D eigenvalue weighted by Crippen LogP contribution is -2.51. The fourth-order valence-corrected chi connectivity index (χ4v) is 4.37. The number of carbonyl (C=O) groups is 1. The number of carbonyl (C=O) groups excluding carboxylic acids is 1. The highest BCUT2D eigenvalue weighted by Gasteiger charge is 2.39. The van der Waals surface area contributed by atoms with Crippen molar-refractivity contribution in [2.75, 3.05) is 26.7 Å². The summed E-state index contributed by atoms with van der Waals surface area (Å²) in [6, 6.07) is 5.26. The first kappa shape index (κ1) is 20.7. The number of methoxy groups -OCH3 is 1. The largest absolute Gasteiger partial charge is 0.497 e. The summed E-state index contributed by atoms with van der Waals surface area (Å²) in [5.74, 6) is 0.188. The first-order chi connectivity index (χ1) is 12.1. The Morgan fingerprint density at radius 3 is 2.42 bits per heavy atom. The van der Waals surface area contributed by atoms with E-state index in [1.807, 2.05) is 20.8 Å². The van der Waals surface area contributed by atoms with Crippen LogP contribution in [0.5, 0.6) is 5.75 Å². The second-order valence-electron chi connectivity index (χ2n) is 7.54. The van der Waals surface area contributed by atoms with Gasteiger partial charge in [0.05, 0.1) is 12.0 Å². The summed E-state index contributed by atoms with van der Waals surface area (Å²) in [5.41, 5.74) is 5.70. The topological polar surface area (TPSA) is 102 Å². The van der Waals surface area contributed by atoms with Crippen LogP contribution in [0, 0.1) is 11.3 Å². The van der Waals surface area contributed by atoms with Gasteiger partial charge in [0.25, 0.3) is 0 Å². The fourth-order valence-electron chi connectivity index (χ4n) is 3.04. The van der Waals surface area contributed by atoms with E-state index in [1.165, 1.54) is 19.2 Å². The van der Waals surface area contributed by atoms with Crippen LogP contribution in [0.25, 0.3) is 0 Å². The minimum atomic E-state index is -3.82. The average molecular weight is 384 g/mol. The van der Waals surface area contributed by atoms with Crippen LogP contribution in [0.15, 0.2) is 29.2 Å². The van der Waals surface area contributed by atoms with Crippen molar-refractivity contribution >= 4 is 15.9 Å². The number of benzene rings is 1. The van der Waals surface area contributed by atoms with Gasteiger partial charge in [-0.3, -0.25) is 4.79 Å². The lowest BCUT2D eigenvalue weighted by atomic mass is 9.90. The third-order valence-corrected chi connectivity index (χ3v) is 6.40. The minimum Gasteiger partial charge on any atom is -0.497 e. The molecule has 0 radical (unpaired) electrons. The van der Waals surface area contributed by atoms with E-state index in [0.717, 1.165) is 6.42 Å². The number of hydrogen-bond acceptors (Lipinski definition) is 5. The fraction of sp³-hybridized carbons (Fsp3) is 0.611. The van der Waals surface area contributed by atoms with Crippen molar-refractivity contribution in [3.8, 4) is 5.75 Å². The molecule has 1 amide bonds. The molecule has 1 aliphatic heterocycles. The molecule has 8 heteroatoms. The number of nitrogens with one attached hydrogen (secondary N) is 1. The standard InChI is InChI=1S/C18H29N3O4S/c1-13(2)16(17(22)21-10-9-18(3,11-19)12-21)20-26(23,24)15-7-5-14(25-4)6-8-15/h5-8,13,16,20H,9-12,19H2,1-4H3. The lowest BCUT2D eigenvalue weighted by molar-refractivity contribution is -0.133. The number of nitrogens with zero attached hydrogens (tertiary/aromatic N) is 1. The van der Waals surface area contributed by atoms with Gasteiger partial charge in [0, 0.05) is 13.1 Å². The summed E-state index contributed by atoms with van der Waals surface area (Å²) in [5, 5.41) is 0. The van der Waals surface area contributed by atoms with Gasteiger partial charge < -0.3 is 15.4 Å². The van der Waals surface area contributed by atoms with E-state index in [-0.39, 0.29) is 22.1 Å². The number of likely N-dealkylation sites (tertiary alicyclic amines) is 1. The van der Waals surface area contributed by atoms with Crippen molar-refractivity contribution in [2.45, 2.75) is 38.1 Å². The minimum absolute atomic E-state index is 0.102. The van der Waals surface area contributed by atoms with Crippen molar-refractivity contribution in [1.29, 1.82) is 0 Å². The molecular formula is C18H29N3O4S. The molecule has 0 aromatic heterocycles. The van der Waals surface area contributed by atoms with Gasteiger partial charge in [-0.25, -0.2) is 8.42 Å². The van der Waals surface area contributed by atoms with Crippen molar-refractivity contribution in [3.63, 3.8) is 0 Å². The molecule has 0 saturated carbocycles. The Morgan fingerprint density at radius 1 is 1.35 bits per heavy atom. The molecule has 3 N–H and O–H groups in total. The zero-order valence-electron chi connectivity index (χ0n) is 15.9. The molecule has 1 saturated heterocycles. The number of sulfonamides is 1. The number of hydrogen-bond donors (Lipinski definition) is 2. The van der Waals surface area contributed by atoms with Crippen LogP contribution < -0.4 is 15.2 Å². The van der Waals surface area contributed by atoms with E-state index in [2.05, 4.69) is 4.72 Å². The summed E-state index contributed by atoms with van der Waals surface area (Å²) in [6.45, 7) is 7.36. The molecule has 0 spiro atoms. The van der Waals surface area contributed by atoms with E-state index >= 15 is 0 Å². The number of ether oxygens (including phenoxy) is 1. The molecule has 1 heterocycles. The highest BCUT2D eigenvalue weighted by Crippen LogP contribution is 2.29. The molecule has 1 aliphatic rings. The predicted molar refractivity (Wildman–Crippen MR) is 100 cm³/mol. The Hall–Kier alpha value is -1.64. The maximum Gasteiger partial charge on any atom is 0.241 e. The van der Waals surface area contributed by atoms with Crippen molar-refractivity contribution in [1.82, 2.24) is 9.62 Å². The SMILES string of the molecule is COc1ccc(S(=O)(=O)NC(C(=O)N2CCC(C)(CN)C2)C(C)C)cc1. The van der Waals surface area contributed by atoms with Gasteiger partial charge in [-0.1, -0.05) is 20.8 Å². The molecule has 1 aromatic rings. The Kier molecular flexibility index (Phi) is 6.31. The van der Waals surface area contributed by atoms with Crippen LogP contribution >= 0.6 is 0 Å². The second-order valence-corrected chi connectivity index (χ2v) is 9.26. The molecule has 2 rings (SSSR count). The average Bonchev–Trinajstić information content (AvgIpc) is 3.02. The summed E-state index contributed by atoms with van der Waals surface area (Å²) in [6.07, 6.45) is 0.825. The highest BCUT2D eigenvalue weighted by molar-refractivity contribution is 7.89. The van der Waals surface area contributed by atoms with Crippen molar-refractivity contribution in [3.05, 3.63) is 24.3 Å². The number of rotatable bonds is 7. The molecule has 2 unspecified atom stereocenters. The number of amides is 1. The van der Waals surface area contributed by atoms with Crippen LogP contribution in [0.1, 0.15) is 27.2 Å². The summed E-state index contributed by atoms with van der Waals surface area (Å²) < 4.78 is 33.0. The van der Waals surface area contributed by atoms with Crippen molar-refractivity contribution in [2.24, 2.45) is 17.1 Å². The van der Waals surface area contributed by atoms with E-state index in [9.17, 15) is 13.2 Å². The molecule has 2 atom stereocenters. The van der Waals surface area contributed by atoms with Gasteiger partial charge in [-0.15, -0.1) is 0 Å². The summed E-state index contributed by atoms with van der Waals surface area (Å²) in [7, 11) is -2.30. The van der Waals surface area contributed by atoms with Crippen LogP contribution in [0.2, 0.25) is 0 Å². The molecule has 1 aromatic carbocycles. The van der Waals surface area contributed by atoms with Crippen molar-refractivity contribution < 1.29 is 17.9 Å². The molecule has 0 aliphatic carbocycles. The van der Waals surface area contributed by atoms with Gasteiger partial charge in [0.2, 0.25) is 15.9 Å². The number of nitrogens with two attached hydrogens (primary N) is 1. The second kappa shape index (κ2) is 7.94. The first-order valence-electron chi connectivity index (χ1n) is 8.77. The summed E-state index contributed by atoms with van der Waals surface area (Å²) in [4.78, 5) is 14.8. The summed E-state index contributed by atoms with van der Waals surface area (Å²) >= 11 is 0. The quantitative estimate of drug-likeness (QED) is 0.736. The molecular weight excluding hydrogens is 354 g/mol. The zero-order valence-corrected chi connectivity index (χ0v) is 16.7. The Morgan fingerprint density at radius 2 is 1.96 bits per heavy atom. The Balaban J connectivity index is 2.17. The van der Waals surface area contributed by atoms with Gasteiger partial charge in [0.1, 0.15) is 11.8 Å². The zero-order chi connectivity index (χ0) is 19.5.